The van der Waals surface area contributed by atoms with Crippen molar-refractivity contribution in [3.05, 3.63) is 95.1 Å². The summed E-state index contributed by atoms with van der Waals surface area (Å²) in [6.45, 7) is 6.27. The van der Waals surface area contributed by atoms with Crippen LogP contribution in [-0.2, 0) is 11.2 Å². The maximum atomic E-state index is 12.8. The van der Waals surface area contributed by atoms with E-state index in [1.807, 2.05) is 19.1 Å². The second-order valence-electron chi connectivity index (χ2n) is 10.0. The standard InChI is InChI=1S/C34H40O5S/c1-4-6-8-10-11-25(3)38-32(35)28-19-23-31(24-20-28)40-34(37)29-17-21-30(22-18-29)39-33(36)27-15-13-26(14-16-27)12-9-7-5-2/h13-25H,4-12H2,1-3H3/t25-/m0/s1. The number of hydrogen-bond acceptors (Lipinski definition) is 6. The molecule has 0 aliphatic carbocycles. The molecule has 3 rings (SSSR count). The predicted molar refractivity (Wildman–Crippen MR) is 161 cm³/mol. The Balaban J connectivity index is 1.47. The number of aryl methyl sites for hydroxylation is 1. The summed E-state index contributed by atoms with van der Waals surface area (Å²) in [4.78, 5) is 38.4. The quantitative estimate of drug-likeness (QED) is 0.0799. The highest BCUT2D eigenvalue weighted by molar-refractivity contribution is 8.14. The first-order valence-corrected chi connectivity index (χ1v) is 15.2. The number of rotatable bonds is 15. The summed E-state index contributed by atoms with van der Waals surface area (Å²) in [7, 11) is 0. The second-order valence-corrected chi connectivity index (χ2v) is 11.1. The molecule has 3 aromatic rings. The highest BCUT2D eigenvalue weighted by Crippen LogP contribution is 2.25. The number of unbranched alkanes of at least 4 members (excludes halogenated alkanes) is 5. The molecular formula is C34H40O5S. The van der Waals surface area contributed by atoms with Crippen LogP contribution in [0.25, 0.3) is 0 Å². The number of ether oxygens (including phenoxy) is 2. The Morgan fingerprint density at radius 2 is 1.25 bits per heavy atom. The van der Waals surface area contributed by atoms with E-state index < -0.39 is 5.97 Å². The van der Waals surface area contributed by atoms with E-state index in [1.165, 1.54) is 31.2 Å². The fourth-order valence-corrected chi connectivity index (χ4v) is 4.95. The van der Waals surface area contributed by atoms with Crippen molar-refractivity contribution in [2.24, 2.45) is 0 Å². The minimum atomic E-state index is -0.432. The average molecular weight is 561 g/mol. The zero-order chi connectivity index (χ0) is 28.7. The highest BCUT2D eigenvalue weighted by Gasteiger charge is 2.14. The van der Waals surface area contributed by atoms with Gasteiger partial charge in [0.05, 0.1) is 17.2 Å². The van der Waals surface area contributed by atoms with Gasteiger partial charge in [0, 0.05) is 10.5 Å². The van der Waals surface area contributed by atoms with E-state index >= 15 is 0 Å². The summed E-state index contributed by atoms with van der Waals surface area (Å²) in [5.41, 5.74) is 2.66. The number of esters is 2. The fraction of sp³-hybridized carbons (Fsp3) is 0.382. The van der Waals surface area contributed by atoms with Crippen LogP contribution in [0.15, 0.2) is 77.7 Å². The summed E-state index contributed by atoms with van der Waals surface area (Å²) in [5, 5.41) is -0.146. The molecule has 0 unspecified atom stereocenters. The monoisotopic (exact) mass is 560 g/mol. The van der Waals surface area contributed by atoms with Gasteiger partial charge in [0.15, 0.2) is 0 Å². The number of hydrogen-bond donors (Lipinski definition) is 0. The molecule has 3 aromatic carbocycles. The van der Waals surface area contributed by atoms with Gasteiger partial charge in [-0.3, -0.25) is 4.79 Å². The van der Waals surface area contributed by atoms with Crippen LogP contribution in [0.2, 0.25) is 0 Å². The Morgan fingerprint density at radius 1 is 0.675 bits per heavy atom. The molecule has 0 spiro atoms. The maximum Gasteiger partial charge on any atom is 0.343 e. The Bertz CT molecular complexity index is 1220. The third kappa shape index (κ3) is 10.3. The predicted octanol–water partition coefficient (Wildman–Crippen LogP) is 9.09. The SMILES string of the molecule is CCCCCC[C@H](C)OC(=O)c1ccc(SC(=O)c2ccc(OC(=O)c3ccc(CCCCC)cc3)cc2)cc1. The van der Waals surface area contributed by atoms with Gasteiger partial charge < -0.3 is 9.47 Å². The number of benzene rings is 3. The van der Waals surface area contributed by atoms with Crippen molar-refractivity contribution >= 4 is 28.8 Å². The molecular weight excluding hydrogens is 520 g/mol. The first-order valence-electron chi connectivity index (χ1n) is 14.3. The van der Waals surface area contributed by atoms with E-state index in [4.69, 9.17) is 9.47 Å². The van der Waals surface area contributed by atoms with E-state index in [0.29, 0.717) is 22.4 Å². The van der Waals surface area contributed by atoms with Crippen molar-refractivity contribution in [3.8, 4) is 5.75 Å². The van der Waals surface area contributed by atoms with Crippen LogP contribution in [0.4, 0.5) is 0 Å². The number of carbonyl (C=O) groups excluding carboxylic acids is 3. The lowest BCUT2D eigenvalue weighted by Crippen LogP contribution is -2.15. The third-order valence-electron chi connectivity index (χ3n) is 6.63. The lowest BCUT2D eigenvalue weighted by atomic mass is 10.1. The van der Waals surface area contributed by atoms with Crippen LogP contribution in [0.3, 0.4) is 0 Å². The molecule has 0 heterocycles. The van der Waals surface area contributed by atoms with Crippen molar-refractivity contribution in [1.82, 2.24) is 0 Å². The number of carbonyl (C=O) groups is 3. The van der Waals surface area contributed by atoms with Crippen molar-refractivity contribution in [2.45, 2.75) is 89.6 Å². The minimum absolute atomic E-state index is 0.122. The molecule has 0 radical (unpaired) electrons. The Kier molecular flexibility index (Phi) is 13.0. The van der Waals surface area contributed by atoms with Crippen LogP contribution in [0, 0.1) is 0 Å². The molecule has 0 N–H and O–H groups in total. The summed E-state index contributed by atoms with van der Waals surface area (Å²) < 4.78 is 11.0. The molecule has 0 aliphatic heterocycles. The summed E-state index contributed by atoms with van der Waals surface area (Å²) in [5.74, 6) is -0.405. The van der Waals surface area contributed by atoms with Crippen LogP contribution in [0.5, 0.6) is 5.75 Å². The first kappa shape index (κ1) is 31.2. The molecule has 212 valence electrons. The van der Waals surface area contributed by atoms with Crippen molar-refractivity contribution < 1.29 is 23.9 Å². The van der Waals surface area contributed by atoms with Crippen molar-refractivity contribution in [3.63, 3.8) is 0 Å². The lowest BCUT2D eigenvalue weighted by molar-refractivity contribution is 0.0319. The molecule has 0 saturated heterocycles. The molecule has 6 heteroatoms. The van der Waals surface area contributed by atoms with Gasteiger partial charge in [-0.1, -0.05) is 58.1 Å². The zero-order valence-electron chi connectivity index (χ0n) is 23.8. The second kappa shape index (κ2) is 16.7. The van der Waals surface area contributed by atoms with Gasteiger partial charge in [-0.05, 0) is 111 Å². The van der Waals surface area contributed by atoms with E-state index in [1.54, 1.807) is 60.7 Å². The van der Waals surface area contributed by atoms with E-state index in [9.17, 15) is 14.4 Å². The van der Waals surface area contributed by atoms with Crippen molar-refractivity contribution in [2.75, 3.05) is 0 Å². The molecule has 0 fully saturated rings. The molecule has 5 nitrogen and oxygen atoms in total. The third-order valence-corrected chi connectivity index (χ3v) is 7.56. The van der Waals surface area contributed by atoms with Crippen LogP contribution >= 0.6 is 11.8 Å². The zero-order valence-corrected chi connectivity index (χ0v) is 24.6. The molecule has 0 amide bonds. The minimum Gasteiger partial charge on any atom is -0.459 e. The Labute approximate surface area is 242 Å². The summed E-state index contributed by atoms with van der Waals surface area (Å²) >= 11 is 1.07. The first-order chi connectivity index (χ1) is 19.4. The molecule has 1 atom stereocenters. The molecule has 0 aliphatic rings. The largest absolute Gasteiger partial charge is 0.459 e. The fourth-order valence-electron chi connectivity index (χ4n) is 4.20. The molecule has 0 saturated carbocycles. The van der Waals surface area contributed by atoms with Gasteiger partial charge in [0.1, 0.15) is 5.75 Å². The summed E-state index contributed by atoms with van der Waals surface area (Å²) in [6.07, 6.45) is 9.84. The van der Waals surface area contributed by atoms with Crippen LogP contribution in [0.1, 0.15) is 109 Å². The van der Waals surface area contributed by atoms with Gasteiger partial charge in [-0.2, -0.15) is 0 Å². The lowest BCUT2D eigenvalue weighted by Gasteiger charge is -2.13. The van der Waals surface area contributed by atoms with E-state index in [-0.39, 0.29) is 17.2 Å². The maximum absolute atomic E-state index is 12.8. The topological polar surface area (TPSA) is 69.7 Å². The van der Waals surface area contributed by atoms with Gasteiger partial charge in [0.2, 0.25) is 5.12 Å². The van der Waals surface area contributed by atoms with Gasteiger partial charge in [0.25, 0.3) is 0 Å². The van der Waals surface area contributed by atoms with E-state index in [2.05, 4.69) is 13.8 Å². The average Bonchev–Trinajstić information content (AvgIpc) is 2.96. The van der Waals surface area contributed by atoms with Crippen LogP contribution in [-0.4, -0.2) is 23.2 Å². The van der Waals surface area contributed by atoms with Gasteiger partial charge in [-0.25, -0.2) is 9.59 Å². The van der Waals surface area contributed by atoms with Crippen molar-refractivity contribution in [1.29, 1.82) is 0 Å². The highest BCUT2D eigenvalue weighted by atomic mass is 32.2. The number of thioether (sulfide) groups is 1. The molecule has 40 heavy (non-hydrogen) atoms. The Hall–Kier alpha value is -3.38. The Morgan fingerprint density at radius 3 is 1.90 bits per heavy atom. The normalized spacial score (nSPS) is 11.6. The van der Waals surface area contributed by atoms with Gasteiger partial charge in [-0.15, -0.1) is 0 Å². The molecule has 0 aromatic heterocycles. The summed E-state index contributed by atoms with van der Waals surface area (Å²) in [6, 6.07) is 20.9. The van der Waals surface area contributed by atoms with Crippen LogP contribution < -0.4 is 4.74 Å². The smallest absolute Gasteiger partial charge is 0.343 e. The molecule has 0 bridgehead atoms. The van der Waals surface area contributed by atoms with Gasteiger partial charge >= 0.3 is 11.9 Å². The van der Waals surface area contributed by atoms with E-state index in [0.717, 1.165) is 48.8 Å².